The van der Waals surface area contributed by atoms with Crippen molar-refractivity contribution in [1.82, 2.24) is 15.2 Å². The summed E-state index contributed by atoms with van der Waals surface area (Å²) in [6.45, 7) is 2.18. The average Bonchev–Trinajstić information content (AvgIpc) is 3.18. The summed E-state index contributed by atoms with van der Waals surface area (Å²) in [5, 5.41) is 8.22. The molecule has 2 atom stereocenters. The van der Waals surface area contributed by atoms with Crippen LogP contribution in [0.3, 0.4) is 0 Å². The Morgan fingerprint density at radius 3 is 2.67 bits per heavy atom. The normalized spacial score (nSPS) is 18.8. The van der Waals surface area contributed by atoms with E-state index in [1.807, 2.05) is 12.1 Å². The fourth-order valence-corrected chi connectivity index (χ4v) is 3.14. The van der Waals surface area contributed by atoms with Crippen molar-refractivity contribution in [3.63, 3.8) is 0 Å². The number of hydrogen-bond donors (Lipinski definition) is 1. The molecule has 1 unspecified atom stereocenters. The lowest BCUT2D eigenvalue weighted by atomic mass is 9.90. The Balaban J connectivity index is 1.67. The molecule has 5 nitrogen and oxygen atoms in total. The number of nitrogens with zero attached hydrogens (tertiary/aromatic N) is 3. The van der Waals surface area contributed by atoms with Crippen LogP contribution in [-0.2, 0) is 0 Å². The minimum atomic E-state index is -0.186. The van der Waals surface area contributed by atoms with Gasteiger partial charge in [-0.1, -0.05) is 32.6 Å². The van der Waals surface area contributed by atoms with Gasteiger partial charge >= 0.3 is 0 Å². The van der Waals surface area contributed by atoms with Crippen LogP contribution in [0.25, 0.3) is 11.5 Å². The van der Waals surface area contributed by atoms with Gasteiger partial charge in [0.05, 0.1) is 6.04 Å². The highest BCUT2D eigenvalue weighted by Crippen LogP contribution is 2.34. The van der Waals surface area contributed by atoms with Crippen molar-refractivity contribution in [2.75, 3.05) is 0 Å². The Morgan fingerprint density at radius 1 is 1.24 bits per heavy atom. The third kappa shape index (κ3) is 3.29. The van der Waals surface area contributed by atoms with Crippen LogP contribution in [0.5, 0.6) is 0 Å². The predicted molar refractivity (Wildman–Crippen MR) is 80.2 cm³/mol. The molecule has 21 heavy (non-hydrogen) atoms. The van der Waals surface area contributed by atoms with Crippen LogP contribution in [0.2, 0.25) is 0 Å². The Kier molecular flexibility index (Phi) is 4.29. The molecule has 1 aliphatic rings. The highest BCUT2D eigenvalue weighted by atomic mass is 16.4. The SMILES string of the molecule is CC(CC1CCCC1)[C@H](N)c1nnc(-c2ccncc2)o1. The number of nitrogens with two attached hydrogens (primary N) is 1. The van der Waals surface area contributed by atoms with Crippen LogP contribution in [0.4, 0.5) is 0 Å². The first-order valence-corrected chi connectivity index (χ1v) is 7.73. The van der Waals surface area contributed by atoms with E-state index in [-0.39, 0.29) is 6.04 Å². The van der Waals surface area contributed by atoms with E-state index in [0.29, 0.717) is 17.7 Å². The second-order valence-corrected chi connectivity index (χ2v) is 6.07. The average molecular weight is 286 g/mol. The third-order valence-electron chi connectivity index (χ3n) is 4.45. The fourth-order valence-electron chi connectivity index (χ4n) is 3.14. The summed E-state index contributed by atoms with van der Waals surface area (Å²) in [4.78, 5) is 3.98. The van der Waals surface area contributed by atoms with Gasteiger partial charge in [0.2, 0.25) is 11.8 Å². The van der Waals surface area contributed by atoms with E-state index in [0.717, 1.165) is 17.9 Å². The summed E-state index contributed by atoms with van der Waals surface area (Å²) in [5.74, 6) is 2.22. The van der Waals surface area contributed by atoms with Gasteiger partial charge in [-0.3, -0.25) is 4.98 Å². The Labute approximate surface area is 125 Å². The molecule has 0 amide bonds. The fraction of sp³-hybridized carbons (Fsp3) is 0.562. The lowest BCUT2D eigenvalue weighted by Crippen LogP contribution is -2.21. The summed E-state index contributed by atoms with van der Waals surface area (Å²) >= 11 is 0. The van der Waals surface area contributed by atoms with Crippen molar-refractivity contribution in [2.45, 2.75) is 45.1 Å². The van der Waals surface area contributed by atoms with Crippen molar-refractivity contribution < 1.29 is 4.42 Å². The van der Waals surface area contributed by atoms with Crippen LogP contribution in [0.1, 0.15) is 51.0 Å². The van der Waals surface area contributed by atoms with E-state index in [1.54, 1.807) is 12.4 Å². The predicted octanol–water partition coefficient (Wildman–Crippen LogP) is 3.35. The molecule has 5 heteroatoms. The zero-order valence-corrected chi connectivity index (χ0v) is 12.4. The van der Waals surface area contributed by atoms with E-state index < -0.39 is 0 Å². The van der Waals surface area contributed by atoms with Crippen molar-refractivity contribution in [3.05, 3.63) is 30.4 Å². The van der Waals surface area contributed by atoms with Gasteiger partial charge in [-0.05, 0) is 30.4 Å². The molecule has 0 bridgehead atoms. The van der Waals surface area contributed by atoms with Gasteiger partial charge in [-0.25, -0.2) is 0 Å². The van der Waals surface area contributed by atoms with Crippen LogP contribution >= 0.6 is 0 Å². The van der Waals surface area contributed by atoms with Gasteiger partial charge in [0.25, 0.3) is 0 Å². The number of hydrogen-bond acceptors (Lipinski definition) is 5. The van der Waals surface area contributed by atoms with E-state index >= 15 is 0 Å². The maximum atomic E-state index is 6.30. The van der Waals surface area contributed by atoms with E-state index in [4.69, 9.17) is 10.2 Å². The largest absolute Gasteiger partial charge is 0.419 e. The van der Waals surface area contributed by atoms with Crippen LogP contribution < -0.4 is 5.73 Å². The zero-order chi connectivity index (χ0) is 14.7. The topological polar surface area (TPSA) is 77.8 Å². The molecule has 2 heterocycles. The maximum absolute atomic E-state index is 6.30. The minimum Gasteiger partial charge on any atom is -0.419 e. The molecule has 1 saturated carbocycles. The lowest BCUT2D eigenvalue weighted by Gasteiger charge is -2.20. The standard InChI is InChI=1S/C16H22N4O/c1-11(10-12-4-2-3-5-12)14(17)16-20-19-15(21-16)13-6-8-18-9-7-13/h6-9,11-12,14H,2-5,10,17H2,1H3/t11?,14-/m0/s1. The first-order valence-electron chi connectivity index (χ1n) is 7.73. The van der Waals surface area contributed by atoms with Crippen molar-refractivity contribution in [2.24, 2.45) is 17.6 Å². The Morgan fingerprint density at radius 2 is 1.95 bits per heavy atom. The molecule has 1 fully saturated rings. The quantitative estimate of drug-likeness (QED) is 0.912. The number of pyridine rings is 1. The molecule has 0 saturated heterocycles. The molecule has 2 N–H and O–H groups in total. The lowest BCUT2D eigenvalue weighted by molar-refractivity contribution is 0.312. The maximum Gasteiger partial charge on any atom is 0.247 e. The molecule has 112 valence electrons. The van der Waals surface area contributed by atoms with E-state index in [9.17, 15) is 0 Å². The van der Waals surface area contributed by atoms with Gasteiger partial charge in [-0.15, -0.1) is 10.2 Å². The van der Waals surface area contributed by atoms with E-state index in [1.165, 1.54) is 25.7 Å². The van der Waals surface area contributed by atoms with Crippen molar-refractivity contribution in [1.29, 1.82) is 0 Å². The smallest absolute Gasteiger partial charge is 0.247 e. The van der Waals surface area contributed by atoms with Gasteiger partial charge in [0.15, 0.2) is 0 Å². The van der Waals surface area contributed by atoms with Crippen LogP contribution in [-0.4, -0.2) is 15.2 Å². The Bertz CT molecular complexity index is 563. The summed E-state index contributed by atoms with van der Waals surface area (Å²) < 4.78 is 5.74. The number of aromatic nitrogens is 3. The molecular weight excluding hydrogens is 264 g/mol. The van der Waals surface area contributed by atoms with Crippen molar-refractivity contribution >= 4 is 0 Å². The molecule has 2 aromatic heterocycles. The molecule has 0 aliphatic heterocycles. The van der Waals surface area contributed by atoms with Gasteiger partial charge < -0.3 is 10.2 Å². The minimum absolute atomic E-state index is 0.186. The van der Waals surface area contributed by atoms with Crippen molar-refractivity contribution in [3.8, 4) is 11.5 Å². The first-order chi connectivity index (χ1) is 10.2. The molecule has 3 rings (SSSR count). The molecule has 0 spiro atoms. The highest BCUT2D eigenvalue weighted by Gasteiger charge is 2.25. The monoisotopic (exact) mass is 286 g/mol. The molecule has 0 radical (unpaired) electrons. The second kappa shape index (κ2) is 6.35. The summed E-state index contributed by atoms with van der Waals surface area (Å²) in [5.41, 5.74) is 7.17. The first kappa shape index (κ1) is 14.2. The second-order valence-electron chi connectivity index (χ2n) is 6.07. The van der Waals surface area contributed by atoms with Gasteiger partial charge in [-0.2, -0.15) is 0 Å². The molecular formula is C16H22N4O. The number of rotatable bonds is 5. The zero-order valence-electron chi connectivity index (χ0n) is 12.4. The Hall–Kier alpha value is -1.75. The van der Waals surface area contributed by atoms with Gasteiger partial charge in [0.1, 0.15) is 0 Å². The third-order valence-corrected chi connectivity index (χ3v) is 4.45. The summed E-state index contributed by atoms with van der Waals surface area (Å²) in [6, 6.07) is 3.52. The highest BCUT2D eigenvalue weighted by molar-refractivity contribution is 5.50. The molecule has 1 aliphatic carbocycles. The summed E-state index contributed by atoms with van der Waals surface area (Å²) in [6.07, 6.45) is 9.96. The molecule has 0 aromatic carbocycles. The van der Waals surface area contributed by atoms with Crippen LogP contribution in [0.15, 0.2) is 28.9 Å². The molecule has 2 aromatic rings. The summed E-state index contributed by atoms with van der Waals surface area (Å²) in [7, 11) is 0. The van der Waals surface area contributed by atoms with E-state index in [2.05, 4.69) is 22.1 Å². The van der Waals surface area contributed by atoms with Crippen LogP contribution in [0, 0.1) is 11.8 Å². The van der Waals surface area contributed by atoms with Gasteiger partial charge in [0, 0.05) is 18.0 Å².